The minimum atomic E-state index is 1.08. The van der Waals surface area contributed by atoms with Crippen LogP contribution in [0.1, 0.15) is 11.1 Å². The lowest BCUT2D eigenvalue weighted by atomic mass is 10.0. The summed E-state index contributed by atoms with van der Waals surface area (Å²) in [7, 11) is 3.75. The number of hydrogen-bond donors (Lipinski definition) is 1. The molecule has 1 heteroatoms. The molecule has 0 saturated carbocycles. The zero-order valence-electron chi connectivity index (χ0n) is 10.5. The summed E-state index contributed by atoms with van der Waals surface area (Å²) in [5.41, 5.74) is 3.43. The van der Waals surface area contributed by atoms with E-state index in [4.69, 9.17) is 0 Å². The first-order chi connectivity index (χ1) is 8.29. The van der Waals surface area contributed by atoms with E-state index in [1.165, 1.54) is 11.1 Å². The summed E-state index contributed by atoms with van der Waals surface area (Å²) in [6, 6.07) is 20.5. The van der Waals surface area contributed by atoms with Crippen molar-refractivity contribution in [1.82, 2.24) is 5.32 Å². The van der Waals surface area contributed by atoms with Crippen LogP contribution >= 0.6 is 0 Å². The van der Waals surface area contributed by atoms with Crippen LogP contribution in [-0.4, -0.2) is 14.1 Å². The van der Waals surface area contributed by atoms with E-state index in [-0.39, 0.29) is 0 Å². The summed E-state index contributed by atoms with van der Waals surface area (Å²) in [6.07, 6.45) is 0. The topological polar surface area (TPSA) is 12.0 Å². The van der Waals surface area contributed by atoms with Gasteiger partial charge in [0.2, 0.25) is 0 Å². The Morgan fingerprint density at radius 1 is 0.765 bits per heavy atom. The van der Waals surface area contributed by atoms with Crippen LogP contribution in [0.15, 0.2) is 67.2 Å². The summed E-state index contributed by atoms with van der Waals surface area (Å²) < 4.78 is 0. The van der Waals surface area contributed by atoms with Crippen molar-refractivity contribution in [3.05, 3.63) is 78.4 Å². The highest BCUT2D eigenvalue weighted by Gasteiger charge is 1.99. The van der Waals surface area contributed by atoms with Gasteiger partial charge in [0, 0.05) is 0 Å². The van der Waals surface area contributed by atoms with Crippen molar-refractivity contribution in [3.63, 3.8) is 0 Å². The van der Waals surface area contributed by atoms with Crippen molar-refractivity contribution < 1.29 is 0 Å². The summed E-state index contributed by atoms with van der Waals surface area (Å²) in [5, 5.41) is 2.75. The summed E-state index contributed by atoms with van der Waals surface area (Å²) in [5.74, 6) is 0. The Kier molecular flexibility index (Phi) is 5.76. The second kappa shape index (κ2) is 7.42. The molecule has 0 heterocycles. The van der Waals surface area contributed by atoms with Gasteiger partial charge in [0.1, 0.15) is 0 Å². The molecule has 88 valence electrons. The summed E-state index contributed by atoms with van der Waals surface area (Å²) in [6.45, 7) is 4.10. The van der Waals surface area contributed by atoms with Crippen LogP contribution in [-0.2, 0) is 0 Å². The summed E-state index contributed by atoms with van der Waals surface area (Å²) >= 11 is 0. The maximum Gasteiger partial charge on any atom is -0.0167 e. The first-order valence-electron chi connectivity index (χ1n) is 5.67. The van der Waals surface area contributed by atoms with Gasteiger partial charge in [-0.1, -0.05) is 67.2 Å². The van der Waals surface area contributed by atoms with Gasteiger partial charge < -0.3 is 5.32 Å². The van der Waals surface area contributed by atoms with Crippen molar-refractivity contribution in [2.45, 2.75) is 0 Å². The summed E-state index contributed by atoms with van der Waals surface area (Å²) in [4.78, 5) is 0. The molecule has 0 aliphatic rings. The molecular formula is C16H19N. The lowest BCUT2D eigenvalue weighted by Gasteiger charge is -2.04. The maximum atomic E-state index is 4.10. The highest BCUT2D eigenvalue weighted by atomic mass is 14.7. The van der Waals surface area contributed by atoms with E-state index in [9.17, 15) is 0 Å². The van der Waals surface area contributed by atoms with Crippen molar-refractivity contribution in [3.8, 4) is 0 Å². The van der Waals surface area contributed by atoms with Crippen molar-refractivity contribution in [2.75, 3.05) is 14.1 Å². The van der Waals surface area contributed by atoms with Crippen LogP contribution in [0.5, 0.6) is 0 Å². The van der Waals surface area contributed by atoms with Crippen molar-refractivity contribution >= 4 is 5.57 Å². The highest BCUT2D eigenvalue weighted by molar-refractivity contribution is 5.77. The van der Waals surface area contributed by atoms with Gasteiger partial charge in [-0.2, -0.15) is 0 Å². The molecule has 0 saturated heterocycles. The second-order valence-corrected chi connectivity index (χ2v) is 3.71. The number of benzene rings is 2. The van der Waals surface area contributed by atoms with Gasteiger partial charge in [-0.25, -0.2) is 0 Å². The lowest BCUT2D eigenvalue weighted by Crippen LogP contribution is -1.89. The second-order valence-electron chi connectivity index (χ2n) is 3.71. The molecular weight excluding hydrogens is 206 g/mol. The normalized spacial score (nSPS) is 9.06. The van der Waals surface area contributed by atoms with Crippen LogP contribution in [0.3, 0.4) is 0 Å². The van der Waals surface area contributed by atoms with Gasteiger partial charge >= 0.3 is 0 Å². The first kappa shape index (κ1) is 13.2. The fraction of sp³-hybridized carbons (Fsp3) is 0.125. The van der Waals surface area contributed by atoms with Crippen molar-refractivity contribution in [2.24, 2.45) is 0 Å². The van der Waals surface area contributed by atoms with Gasteiger partial charge in [-0.15, -0.1) is 0 Å². The monoisotopic (exact) mass is 225 g/mol. The van der Waals surface area contributed by atoms with E-state index < -0.39 is 0 Å². The zero-order valence-corrected chi connectivity index (χ0v) is 10.5. The molecule has 0 aliphatic heterocycles. The van der Waals surface area contributed by atoms with Gasteiger partial charge in [0.05, 0.1) is 0 Å². The van der Waals surface area contributed by atoms with E-state index >= 15 is 0 Å². The Bertz CT molecular complexity index is 390. The SMILES string of the molecule is C=C(c1ccccc1)c1ccccc1.CNC. The van der Waals surface area contributed by atoms with E-state index in [1.807, 2.05) is 50.5 Å². The molecule has 0 spiro atoms. The van der Waals surface area contributed by atoms with E-state index in [0.717, 1.165) is 5.57 Å². The fourth-order valence-corrected chi connectivity index (χ4v) is 1.45. The molecule has 0 bridgehead atoms. The number of rotatable bonds is 2. The van der Waals surface area contributed by atoms with Crippen LogP contribution in [0.25, 0.3) is 5.57 Å². The van der Waals surface area contributed by atoms with Crippen molar-refractivity contribution in [1.29, 1.82) is 0 Å². The minimum Gasteiger partial charge on any atom is -0.323 e. The predicted molar refractivity (Wildman–Crippen MR) is 76.0 cm³/mol. The molecule has 0 aliphatic carbocycles. The Hall–Kier alpha value is -1.86. The van der Waals surface area contributed by atoms with E-state index in [0.29, 0.717) is 0 Å². The predicted octanol–water partition coefficient (Wildman–Crippen LogP) is 3.58. The molecule has 0 radical (unpaired) electrons. The average molecular weight is 225 g/mol. The fourth-order valence-electron chi connectivity index (χ4n) is 1.45. The third kappa shape index (κ3) is 4.25. The molecule has 0 unspecified atom stereocenters. The van der Waals surface area contributed by atoms with Gasteiger partial charge in [-0.05, 0) is 30.8 Å². The van der Waals surface area contributed by atoms with E-state index in [2.05, 4.69) is 36.2 Å². The van der Waals surface area contributed by atoms with Crippen LogP contribution in [0.4, 0.5) is 0 Å². The average Bonchev–Trinajstić information content (AvgIpc) is 2.41. The Morgan fingerprint density at radius 2 is 1.06 bits per heavy atom. The quantitative estimate of drug-likeness (QED) is 0.823. The smallest absolute Gasteiger partial charge is 0.0167 e. The molecule has 2 aromatic carbocycles. The molecule has 2 rings (SSSR count). The molecule has 2 aromatic rings. The third-order valence-corrected chi connectivity index (χ3v) is 2.24. The highest BCUT2D eigenvalue weighted by Crippen LogP contribution is 2.20. The molecule has 1 nitrogen and oxygen atoms in total. The molecule has 0 aromatic heterocycles. The standard InChI is InChI=1S/C14H12.C2H7N/c1-12(13-8-4-2-5-9-13)14-10-6-3-7-11-14;1-3-2/h2-11H,1H2;3H,1-2H3. The Labute approximate surface area is 104 Å². The Balaban J connectivity index is 0.000000437. The molecule has 17 heavy (non-hydrogen) atoms. The number of hydrogen-bond acceptors (Lipinski definition) is 1. The largest absolute Gasteiger partial charge is 0.323 e. The van der Waals surface area contributed by atoms with Crippen LogP contribution in [0.2, 0.25) is 0 Å². The van der Waals surface area contributed by atoms with Gasteiger partial charge in [-0.3, -0.25) is 0 Å². The lowest BCUT2D eigenvalue weighted by molar-refractivity contribution is 1.02. The Morgan fingerprint density at radius 3 is 1.35 bits per heavy atom. The maximum absolute atomic E-state index is 4.10. The van der Waals surface area contributed by atoms with Crippen LogP contribution < -0.4 is 5.32 Å². The first-order valence-corrected chi connectivity index (χ1v) is 5.67. The molecule has 0 atom stereocenters. The minimum absolute atomic E-state index is 1.08. The molecule has 0 amide bonds. The van der Waals surface area contributed by atoms with Gasteiger partial charge in [0.15, 0.2) is 0 Å². The van der Waals surface area contributed by atoms with Gasteiger partial charge in [0.25, 0.3) is 0 Å². The molecule has 1 N–H and O–H groups in total. The third-order valence-electron chi connectivity index (χ3n) is 2.24. The molecule has 0 fully saturated rings. The number of nitrogens with one attached hydrogen (secondary N) is 1. The van der Waals surface area contributed by atoms with E-state index in [1.54, 1.807) is 0 Å². The zero-order chi connectivity index (χ0) is 12.5. The van der Waals surface area contributed by atoms with Crippen LogP contribution in [0, 0.1) is 0 Å².